The van der Waals surface area contributed by atoms with Crippen LogP contribution >= 0.6 is 0 Å². The molecule has 0 fully saturated rings. The van der Waals surface area contributed by atoms with Crippen molar-refractivity contribution < 1.29 is 19.4 Å². The first kappa shape index (κ1) is 18.0. The molecule has 6 nitrogen and oxygen atoms in total. The Morgan fingerprint density at radius 2 is 2.05 bits per heavy atom. The lowest BCUT2D eigenvalue weighted by Gasteiger charge is -2.26. The lowest BCUT2D eigenvalue weighted by Crippen LogP contribution is -2.41. The number of phenols is 1. The average Bonchev–Trinajstić information content (AvgIpc) is 2.45. The zero-order valence-electron chi connectivity index (χ0n) is 13.5. The molecule has 4 N–H and O–H groups in total. The molecular formula is C16H24N2O4. The molecule has 122 valence electrons. The van der Waals surface area contributed by atoms with Crippen molar-refractivity contribution in [1.29, 1.82) is 0 Å². The van der Waals surface area contributed by atoms with Gasteiger partial charge in [-0.25, -0.2) is 0 Å². The number of aromatic hydroxyl groups is 1. The van der Waals surface area contributed by atoms with Gasteiger partial charge in [0, 0.05) is 6.61 Å². The van der Waals surface area contributed by atoms with Crippen molar-refractivity contribution in [3.63, 3.8) is 0 Å². The molecule has 1 rings (SSSR count). The zero-order valence-corrected chi connectivity index (χ0v) is 13.5. The lowest BCUT2D eigenvalue weighted by atomic mass is 9.92. The predicted molar refractivity (Wildman–Crippen MR) is 83.5 cm³/mol. The Balaban J connectivity index is 2.85. The van der Waals surface area contributed by atoms with Crippen molar-refractivity contribution in [1.82, 2.24) is 5.32 Å². The first-order valence-electron chi connectivity index (χ1n) is 7.20. The highest BCUT2D eigenvalue weighted by Crippen LogP contribution is 2.23. The van der Waals surface area contributed by atoms with Gasteiger partial charge in [0.05, 0.1) is 23.6 Å². The number of ether oxygens (including phenoxy) is 1. The van der Waals surface area contributed by atoms with Crippen molar-refractivity contribution in [3.05, 3.63) is 29.3 Å². The molecule has 1 aromatic carbocycles. The summed E-state index contributed by atoms with van der Waals surface area (Å²) in [4.78, 5) is 23.6. The van der Waals surface area contributed by atoms with Gasteiger partial charge in [0.15, 0.2) is 0 Å². The van der Waals surface area contributed by atoms with Crippen LogP contribution in [0.15, 0.2) is 18.2 Å². The van der Waals surface area contributed by atoms with E-state index < -0.39 is 11.3 Å². The van der Waals surface area contributed by atoms with Crippen LogP contribution in [0, 0.1) is 5.41 Å². The van der Waals surface area contributed by atoms with Gasteiger partial charge in [0.25, 0.3) is 5.91 Å². The fourth-order valence-electron chi connectivity index (χ4n) is 1.92. The van der Waals surface area contributed by atoms with Crippen molar-refractivity contribution in [2.75, 3.05) is 13.2 Å². The van der Waals surface area contributed by atoms with E-state index in [-0.39, 0.29) is 23.3 Å². The van der Waals surface area contributed by atoms with Gasteiger partial charge in [-0.15, -0.1) is 0 Å². The normalized spacial score (nSPS) is 12.7. The maximum atomic E-state index is 12.3. The van der Waals surface area contributed by atoms with Crippen molar-refractivity contribution in [2.24, 2.45) is 11.1 Å². The highest BCUT2D eigenvalue weighted by molar-refractivity contribution is 5.95. The molecule has 2 amide bonds. The topological polar surface area (TPSA) is 102 Å². The molecule has 1 unspecified atom stereocenters. The smallest absolute Gasteiger partial charge is 0.252 e. The predicted octanol–water partition coefficient (Wildman–Crippen LogP) is 1.73. The number of nitrogens with one attached hydrogen (secondary N) is 1. The highest BCUT2D eigenvalue weighted by Gasteiger charge is 2.29. The minimum Gasteiger partial charge on any atom is -0.507 e. The number of benzene rings is 1. The third-order valence-corrected chi connectivity index (χ3v) is 3.42. The molecule has 0 saturated heterocycles. The molecule has 0 radical (unpaired) electrons. The SMILES string of the molecule is CCOCC(C)(C)C(=O)NC(C)c1ccc(O)c(C(N)=O)c1. The fourth-order valence-corrected chi connectivity index (χ4v) is 1.92. The first-order valence-corrected chi connectivity index (χ1v) is 7.20. The van der Waals surface area contributed by atoms with Gasteiger partial charge >= 0.3 is 0 Å². The highest BCUT2D eigenvalue weighted by atomic mass is 16.5. The van der Waals surface area contributed by atoms with Crippen molar-refractivity contribution >= 4 is 11.8 Å². The van der Waals surface area contributed by atoms with Gasteiger partial charge in [-0.3, -0.25) is 9.59 Å². The minimum atomic E-state index is -0.713. The summed E-state index contributed by atoms with van der Waals surface area (Å²) in [5.74, 6) is -1.04. The molecule has 1 aromatic rings. The van der Waals surface area contributed by atoms with E-state index in [9.17, 15) is 14.7 Å². The number of hydrogen-bond donors (Lipinski definition) is 3. The number of primary amides is 1. The summed E-state index contributed by atoms with van der Waals surface area (Å²) in [6, 6.07) is 4.19. The van der Waals surface area contributed by atoms with Crippen LogP contribution in [-0.4, -0.2) is 30.1 Å². The Kier molecular flexibility index (Phi) is 5.93. The average molecular weight is 308 g/mol. The van der Waals surface area contributed by atoms with Crippen LogP contribution in [0.5, 0.6) is 5.75 Å². The van der Waals surface area contributed by atoms with E-state index >= 15 is 0 Å². The molecule has 1 atom stereocenters. The van der Waals surface area contributed by atoms with Crippen LogP contribution in [0.25, 0.3) is 0 Å². The van der Waals surface area contributed by atoms with Gasteiger partial charge in [-0.05, 0) is 45.4 Å². The van der Waals surface area contributed by atoms with E-state index in [2.05, 4.69) is 5.32 Å². The van der Waals surface area contributed by atoms with Gasteiger partial charge in [-0.1, -0.05) is 6.07 Å². The number of amides is 2. The molecular weight excluding hydrogens is 284 g/mol. The molecule has 0 spiro atoms. The third kappa shape index (κ3) is 4.46. The molecule has 22 heavy (non-hydrogen) atoms. The van der Waals surface area contributed by atoms with Gasteiger partial charge in [0.2, 0.25) is 5.91 Å². The quantitative estimate of drug-likeness (QED) is 0.714. The molecule has 0 saturated carbocycles. The van der Waals surface area contributed by atoms with Crippen LogP contribution in [-0.2, 0) is 9.53 Å². The van der Waals surface area contributed by atoms with Crippen LogP contribution in [0.3, 0.4) is 0 Å². The maximum Gasteiger partial charge on any atom is 0.252 e. The van der Waals surface area contributed by atoms with Gasteiger partial charge in [-0.2, -0.15) is 0 Å². The van der Waals surface area contributed by atoms with Gasteiger partial charge < -0.3 is 20.9 Å². The number of nitrogens with two attached hydrogens (primary N) is 1. The Morgan fingerprint density at radius 1 is 1.41 bits per heavy atom. The van der Waals surface area contributed by atoms with Crippen LogP contribution in [0.1, 0.15) is 49.7 Å². The van der Waals surface area contributed by atoms with E-state index in [1.165, 1.54) is 12.1 Å². The second-order valence-electron chi connectivity index (χ2n) is 5.86. The van der Waals surface area contributed by atoms with Crippen molar-refractivity contribution in [3.8, 4) is 5.75 Å². The molecule has 0 aliphatic heterocycles. The number of carbonyl (C=O) groups excluding carboxylic acids is 2. The lowest BCUT2D eigenvalue weighted by molar-refractivity contribution is -0.133. The number of hydrogen-bond acceptors (Lipinski definition) is 4. The van der Waals surface area contributed by atoms with Crippen LogP contribution in [0.4, 0.5) is 0 Å². The van der Waals surface area contributed by atoms with E-state index in [0.717, 1.165) is 0 Å². The summed E-state index contributed by atoms with van der Waals surface area (Å²) >= 11 is 0. The molecule has 0 aromatic heterocycles. The summed E-state index contributed by atoms with van der Waals surface area (Å²) in [5, 5.41) is 12.5. The van der Waals surface area contributed by atoms with E-state index in [1.807, 2.05) is 6.92 Å². The fraction of sp³-hybridized carbons (Fsp3) is 0.500. The summed E-state index contributed by atoms with van der Waals surface area (Å²) in [6.07, 6.45) is 0. The van der Waals surface area contributed by atoms with Crippen LogP contribution in [0.2, 0.25) is 0 Å². The van der Waals surface area contributed by atoms with Crippen molar-refractivity contribution in [2.45, 2.75) is 33.7 Å². The van der Waals surface area contributed by atoms with Crippen LogP contribution < -0.4 is 11.1 Å². The summed E-state index contributed by atoms with van der Waals surface area (Å²) in [5.41, 5.74) is 5.27. The monoisotopic (exact) mass is 308 g/mol. The standard InChI is InChI=1S/C16H24N2O4/c1-5-22-9-16(3,4)15(21)18-10(2)11-6-7-13(19)12(8-11)14(17)20/h6-8,10,19H,5,9H2,1-4H3,(H2,17,20)(H,18,21). The molecule has 6 heteroatoms. The number of carbonyl (C=O) groups is 2. The molecule has 0 bridgehead atoms. The second kappa shape index (κ2) is 7.26. The zero-order chi connectivity index (χ0) is 16.9. The Hall–Kier alpha value is -2.08. The second-order valence-corrected chi connectivity index (χ2v) is 5.86. The summed E-state index contributed by atoms with van der Waals surface area (Å²) in [7, 11) is 0. The summed E-state index contributed by atoms with van der Waals surface area (Å²) < 4.78 is 5.32. The largest absolute Gasteiger partial charge is 0.507 e. The molecule has 0 heterocycles. The van der Waals surface area contributed by atoms with E-state index in [4.69, 9.17) is 10.5 Å². The van der Waals surface area contributed by atoms with E-state index in [0.29, 0.717) is 18.8 Å². The minimum absolute atomic E-state index is 0.0344. The van der Waals surface area contributed by atoms with Gasteiger partial charge in [0.1, 0.15) is 5.75 Å². The maximum absolute atomic E-state index is 12.3. The number of rotatable bonds is 7. The Bertz CT molecular complexity index is 555. The summed E-state index contributed by atoms with van der Waals surface area (Å²) in [6.45, 7) is 8.15. The Labute approximate surface area is 130 Å². The molecule has 0 aliphatic rings. The first-order chi connectivity index (χ1) is 10.2. The third-order valence-electron chi connectivity index (χ3n) is 3.42. The molecule has 0 aliphatic carbocycles. The Morgan fingerprint density at radius 3 is 2.59 bits per heavy atom. The van der Waals surface area contributed by atoms with E-state index in [1.54, 1.807) is 26.8 Å².